The number of hydrogen-bond acceptors (Lipinski definition) is 5. The highest BCUT2D eigenvalue weighted by molar-refractivity contribution is 5.85. The molecule has 7 heteroatoms. The molecule has 0 saturated carbocycles. The van der Waals surface area contributed by atoms with Crippen LogP contribution in [-0.4, -0.2) is 38.1 Å². The molecule has 5 heterocycles. The van der Waals surface area contributed by atoms with Crippen molar-refractivity contribution in [2.24, 2.45) is 0 Å². The lowest BCUT2D eigenvalue weighted by atomic mass is 9.86. The Labute approximate surface area is 228 Å². The summed E-state index contributed by atoms with van der Waals surface area (Å²) in [7, 11) is 0. The predicted molar refractivity (Wildman–Crippen MR) is 154 cm³/mol. The van der Waals surface area contributed by atoms with Gasteiger partial charge in [0.05, 0.1) is 6.04 Å². The van der Waals surface area contributed by atoms with Gasteiger partial charge in [-0.05, 0) is 92.3 Å². The van der Waals surface area contributed by atoms with Crippen molar-refractivity contribution in [1.29, 1.82) is 0 Å². The van der Waals surface area contributed by atoms with Crippen molar-refractivity contribution in [3.8, 4) is 11.1 Å². The van der Waals surface area contributed by atoms with Crippen LogP contribution in [0.4, 0.5) is 10.6 Å². The number of carbonyl (C=O) groups excluding carboxylic acids is 1. The van der Waals surface area contributed by atoms with E-state index < -0.39 is 5.60 Å². The van der Waals surface area contributed by atoms with Gasteiger partial charge in [-0.15, -0.1) is 0 Å². The SMILES string of the molecule is Cc1c[nH]c2ncc(-c3cc4c(c([C@@H]5C=CC=CN5C(=O)OC(C)(C)C)c3)CN(c3ccccn3)CC4)cc12. The van der Waals surface area contributed by atoms with Gasteiger partial charge < -0.3 is 14.6 Å². The highest BCUT2D eigenvalue weighted by Crippen LogP contribution is 2.38. The fourth-order valence-electron chi connectivity index (χ4n) is 5.40. The van der Waals surface area contributed by atoms with E-state index in [1.165, 1.54) is 16.7 Å². The van der Waals surface area contributed by atoms with Crippen molar-refractivity contribution in [3.05, 3.63) is 102 Å². The first-order chi connectivity index (χ1) is 18.8. The summed E-state index contributed by atoms with van der Waals surface area (Å²) >= 11 is 0. The Hall–Kier alpha value is -4.39. The number of aromatic nitrogens is 3. The van der Waals surface area contributed by atoms with Crippen LogP contribution >= 0.6 is 0 Å². The minimum absolute atomic E-state index is 0.298. The van der Waals surface area contributed by atoms with E-state index in [1.807, 2.05) is 69.8 Å². The minimum Gasteiger partial charge on any atom is -0.443 e. The molecule has 0 unspecified atom stereocenters. The summed E-state index contributed by atoms with van der Waals surface area (Å²) in [4.78, 5) is 29.9. The number of amides is 1. The molecule has 0 radical (unpaired) electrons. The van der Waals surface area contributed by atoms with Crippen molar-refractivity contribution in [2.75, 3.05) is 11.4 Å². The molecule has 1 atom stereocenters. The Bertz CT molecular complexity index is 1600. The Morgan fingerprint density at radius 2 is 1.97 bits per heavy atom. The molecule has 1 amide bonds. The van der Waals surface area contributed by atoms with E-state index in [0.29, 0.717) is 6.54 Å². The van der Waals surface area contributed by atoms with Crippen LogP contribution in [-0.2, 0) is 17.7 Å². The van der Waals surface area contributed by atoms with Gasteiger partial charge in [0, 0.05) is 48.8 Å². The quantitative estimate of drug-likeness (QED) is 0.320. The number of hydrogen-bond donors (Lipinski definition) is 1. The number of aromatic amines is 1. The van der Waals surface area contributed by atoms with Gasteiger partial charge in [0.2, 0.25) is 0 Å². The molecule has 0 bridgehead atoms. The number of aryl methyl sites for hydroxylation is 1. The number of allylic oxidation sites excluding steroid dienone is 2. The summed E-state index contributed by atoms with van der Waals surface area (Å²) in [6, 6.07) is 12.4. The first-order valence-electron chi connectivity index (χ1n) is 13.4. The summed E-state index contributed by atoms with van der Waals surface area (Å²) in [5.41, 5.74) is 7.20. The van der Waals surface area contributed by atoms with Gasteiger partial charge in [0.25, 0.3) is 0 Å². The molecular formula is C32H33N5O2. The van der Waals surface area contributed by atoms with Gasteiger partial charge in [-0.1, -0.05) is 24.3 Å². The van der Waals surface area contributed by atoms with E-state index in [2.05, 4.69) is 57.1 Å². The fourth-order valence-corrected chi connectivity index (χ4v) is 5.40. The van der Waals surface area contributed by atoms with E-state index in [1.54, 1.807) is 4.90 Å². The average molecular weight is 520 g/mol. The topological polar surface area (TPSA) is 74.3 Å². The third kappa shape index (κ3) is 4.92. The van der Waals surface area contributed by atoms with Crippen LogP contribution in [0.2, 0.25) is 0 Å². The van der Waals surface area contributed by atoms with Crippen LogP contribution in [0.25, 0.3) is 22.2 Å². The molecule has 7 nitrogen and oxygen atoms in total. The van der Waals surface area contributed by atoms with Gasteiger partial charge in [0.1, 0.15) is 17.1 Å². The molecule has 0 saturated heterocycles. The van der Waals surface area contributed by atoms with E-state index in [-0.39, 0.29) is 12.1 Å². The average Bonchev–Trinajstić information content (AvgIpc) is 3.31. The molecule has 4 aromatic rings. The number of nitrogens with zero attached hydrogens (tertiary/aromatic N) is 4. The summed E-state index contributed by atoms with van der Waals surface area (Å²) in [6.07, 6.45) is 14.0. The monoisotopic (exact) mass is 519 g/mol. The Morgan fingerprint density at radius 3 is 2.77 bits per heavy atom. The van der Waals surface area contributed by atoms with Gasteiger partial charge >= 0.3 is 6.09 Å². The lowest BCUT2D eigenvalue weighted by Crippen LogP contribution is -2.38. The lowest BCUT2D eigenvalue weighted by Gasteiger charge is -2.36. The van der Waals surface area contributed by atoms with Crippen molar-refractivity contribution in [2.45, 2.75) is 52.3 Å². The van der Waals surface area contributed by atoms with Gasteiger partial charge in [-0.25, -0.2) is 14.8 Å². The highest BCUT2D eigenvalue weighted by Gasteiger charge is 2.32. The maximum absolute atomic E-state index is 13.3. The third-order valence-corrected chi connectivity index (χ3v) is 7.30. The highest BCUT2D eigenvalue weighted by atomic mass is 16.6. The first kappa shape index (κ1) is 24.9. The standard InChI is InChI=1S/C32H33N5O2/c1-21-18-34-30-25(21)17-24(19-35-30)23-15-22-11-14-36(29-10-5-7-12-33-29)20-27(22)26(16-23)28-9-6-8-13-37(28)31(38)39-32(2,3)4/h5-10,12-13,15-19,28H,11,14,20H2,1-4H3,(H,34,35)/t28-/m0/s1. The molecule has 2 aliphatic rings. The van der Waals surface area contributed by atoms with Gasteiger partial charge in [0.15, 0.2) is 0 Å². The molecule has 0 aliphatic carbocycles. The molecule has 3 aromatic heterocycles. The second-order valence-corrected chi connectivity index (χ2v) is 11.2. The number of pyridine rings is 2. The van der Waals surface area contributed by atoms with E-state index in [0.717, 1.165) is 46.5 Å². The van der Waals surface area contributed by atoms with Crippen LogP contribution in [0.5, 0.6) is 0 Å². The van der Waals surface area contributed by atoms with Gasteiger partial charge in [-0.3, -0.25) is 4.90 Å². The number of ether oxygens (including phenoxy) is 1. The number of benzene rings is 1. The zero-order valence-corrected chi connectivity index (χ0v) is 22.8. The molecule has 6 rings (SSSR count). The lowest BCUT2D eigenvalue weighted by molar-refractivity contribution is 0.0293. The summed E-state index contributed by atoms with van der Waals surface area (Å²) in [5, 5.41) is 1.11. The van der Waals surface area contributed by atoms with Gasteiger partial charge in [-0.2, -0.15) is 0 Å². The minimum atomic E-state index is -0.594. The number of anilines is 1. The molecule has 0 spiro atoms. The number of rotatable bonds is 3. The normalized spacial score (nSPS) is 17.0. The van der Waals surface area contributed by atoms with Crippen LogP contribution in [0.3, 0.4) is 0 Å². The smallest absolute Gasteiger partial charge is 0.415 e. The predicted octanol–water partition coefficient (Wildman–Crippen LogP) is 6.86. The van der Waals surface area contributed by atoms with Crippen molar-refractivity contribution < 1.29 is 9.53 Å². The Balaban J connectivity index is 1.47. The number of nitrogens with one attached hydrogen (secondary N) is 1. The zero-order valence-electron chi connectivity index (χ0n) is 22.8. The first-order valence-corrected chi connectivity index (χ1v) is 13.4. The summed E-state index contributed by atoms with van der Waals surface area (Å²) in [6.45, 7) is 9.35. The number of H-pyrrole nitrogens is 1. The second-order valence-electron chi connectivity index (χ2n) is 11.2. The second kappa shape index (κ2) is 9.73. The molecule has 2 aliphatic heterocycles. The van der Waals surface area contributed by atoms with E-state index in [4.69, 9.17) is 4.74 Å². The van der Waals surface area contributed by atoms with Crippen LogP contribution in [0.15, 0.2) is 79.4 Å². The van der Waals surface area contributed by atoms with Crippen LogP contribution in [0.1, 0.15) is 49.1 Å². The molecular weight excluding hydrogens is 486 g/mol. The maximum Gasteiger partial charge on any atom is 0.415 e. The summed E-state index contributed by atoms with van der Waals surface area (Å²) in [5.74, 6) is 0.957. The van der Waals surface area contributed by atoms with E-state index in [9.17, 15) is 4.79 Å². The summed E-state index contributed by atoms with van der Waals surface area (Å²) < 4.78 is 5.80. The Morgan fingerprint density at radius 1 is 1.10 bits per heavy atom. The molecule has 39 heavy (non-hydrogen) atoms. The van der Waals surface area contributed by atoms with Crippen molar-refractivity contribution >= 4 is 22.9 Å². The largest absolute Gasteiger partial charge is 0.443 e. The number of fused-ring (bicyclic) bond motifs is 2. The van der Waals surface area contributed by atoms with Crippen molar-refractivity contribution in [1.82, 2.24) is 19.9 Å². The van der Waals surface area contributed by atoms with Crippen LogP contribution < -0.4 is 4.90 Å². The fraction of sp³-hybridized carbons (Fsp3) is 0.281. The molecule has 1 N–H and O–H groups in total. The number of carbonyl (C=O) groups is 1. The van der Waals surface area contributed by atoms with Crippen LogP contribution in [0, 0.1) is 6.92 Å². The zero-order chi connectivity index (χ0) is 27.1. The third-order valence-electron chi connectivity index (χ3n) is 7.30. The Kier molecular flexibility index (Phi) is 6.22. The maximum atomic E-state index is 13.3. The van der Waals surface area contributed by atoms with E-state index >= 15 is 0 Å². The van der Waals surface area contributed by atoms with Crippen molar-refractivity contribution in [3.63, 3.8) is 0 Å². The molecule has 1 aromatic carbocycles. The molecule has 198 valence electrons. The molecule has 0 fully saturated rings.